The van der Waals surface area contributed by atoms with Crippen molar-refractivity contribution in [3.05, 3.63) is 44.4 Å². The van der Waals surface area contributed by atoms with E-state index in [0.717, 1.165) is 57.3 Å². The van der Waals surface area contributed by atoms with Crippen LogP contribution in [0.1, 0.15) is 53.5 Å². The fourth-order valence-electron chi connectivity index (χ4n) is 3.98. The largest absolute Gasteiger partial charge is 0.366 e. The minimum absolute atomic E-state index is 0.0122. The van der Waals surface area contributed by atoms with Gasteiger partial charge in [0, 0.05) is 29.6 Å². The average molecular weight is 401 g/mol. The minimum atomic E-state index is -0.399. The molecule has 0 spiro atoms. The van der Waals surface area contributed by atoms with Crippen LogP contribution in [0.25, 0.3) is 0 Å². The van der Waals surface area contributed by atoms with Crippen LogP contribution in [0.2, 0.25) is 0 Å². The third kappa shape index (κ3) is 3.87. The summed E-state index contributed by atoms with van der Waals surface area (Å²) in [5.41, 5.74) is 1.94. The van der Waals surface area contributed by atoms with Crippen LogP contribution in [-0.2, 0) is 12.8 Å². The van der Waals surface area contributed by atoms with Gasteiger partial charge in [-0.1, -0.05) is 6.92 Å². The molecule has 2 aliphatic rings. The van der Waals surface area contributed by atoms with Crippen LogP contribution < -0.4 is 10.2 Å². The highest BCUT2D eigenvalue weighted by atomic mass is 32.1. The topological polar surface area (TPSA) is 88.4 Å². The average Bonchev–Trinajstić information content (AvgIpc) is 3.09. The monoisotopic (exact) mass is 400 g/mol. The highest BCUT2D eigenvalue weighted by Gasteiger charge is 2.24. The standard InChI is InChI=1S/C20H24N4O3S/c1-13-5-7-15-18(11-13)28-20(21-15)22-19(25)14-6-8-16(17(12-14)24(26)27)23-9-3-2-4-10-23/h6,8,12-13H,2-5,7,9-11H2,1H3,(H,21,22,25)/t13-/m0/s1. The zero-order valence-electron chi connectivity index (χ0n) is 15.9. The summed E-state index contributed by atoms with van der Waals surface area (Å²) < 4.78 is 0. The summed E-state index contributed by atoms with van der Waals surface area (Å²) in [6.45, 7) is 3.86. The molecule has 1 aliphatic heterocycles. The van der Waals surface area contributed by atoms with Gasteiger partial charge < -0.3 is 4.90 Å². The number of nitrogens with zero attached hydrogens (tertiary/aromatic N) is 3. The Bertz CT molecular complexity index is 905. The molecule has 1 aromatic heterocycles. The summed E-state index contributed by atoms with van der Waals surface area (Å²) in [5, 5.41) is 15.0. The van der Waals surface area contributed by atoms with E-state index in [4.69, 9.17) is 0 Å². The number of aryl methyl sites for hydroxylation is 1. The van der Waals surface area contributed by atoms with E-state index < -0.39 is 4.92 Å². The predicted molar refractivity (Wildman–Crippen MR) is 110 cm³/mol. The van der Waals surface area contributed by atoms with E-state index in [1.54, 1.807) is 12.1 Å². The highest BCUT2D eigenvalue weighted by Crippen LogP contribution is 2.34. The molecule has 1 aromatic carbocycles. The molecule has 1 saturated heterocycles. The number of fused-ring (bicyclic) bond motifs is 1. The van der Waals surface area contributed by atoms with Crippen LogP contribution in [0.5, 0.6) is 0 Å². The van der Waals surface area contributed by atoms with Gasteiger partial charge in [-0.2, -0.15) is 0 Å². The molecule has 0 unspecified atom stereocenters. The molecule has 148 valence electrons. The van der Waals surface area contributed by atoms with Crippen molar-refractivity contribution in [2.75, 3.05) is 23.3 Å². The van der Waals surface area contributed by atoms with Crippen molar-refractivity contribution in [2.24, 2.45) is 5.92 Å². The second kappa shape index (κ2) is 7.87. The number of thiazole rings is 1. The van der Waals surface area contributed by atoms with Gasteiger partial charge in [-0.05, 0) is 56.6 Å². The number of nitro benzene ring substituents is 1. The summed E-state index contributed by atoms with van der Waals surface area (Å²) in [7, 11) is 0. The zero-order valence-corrected chi connectivity index (χ0v) is 16.8. The summed E-state index contributed by atoms with van der Waals surface area (Å²) in [4.78, 5) is 31.7. The van der Waals surface area contributed by atoms with Gasteiger partial charge in [-0.3, -0.25) is 20.2 Å². The highest BCUT2D eigenvalue weighted by molar-refractivity contribution is 7.15. The Kier molecular flexibility index (Phi) is 5.30. The van der Waals surface area contributed by atoms with Crippen LogP contribution >= 0.6 is 11.3 Å². The molecule has 8 heteroatoms. The lowest BCUT2D eigenvalue weighted by atomic mass is 9.93. The normalized spacial score (nSPS) is 19.2. The van der Waals surface area contributed by atoms with E-state index in [1.807, 2.05) is 4.90 Å². The number of rotatable bonds is 4. The summed E-state index contributed by atoms with van der Waals surface area (Å²) in [5.74, 6) is 0.286. The fourth-order valence-corrected chi connectivity index (χ4v) is 5.14. The number of nitrogens with one attached hydrogen (secondary N) is 1. The van der Waals surface area contributed by atoms with Crippen molar-refractivity contribution in [2.45, 2.75) is 45.4 Å². The summed E-state index contributed by atoms with van der Waals surface area (Å²) in [6, 6.07) is 4.75. The van der Waals surface area contributed by atoms with E-state index in [1.165, 1.54) is 22.3 Å². The van der Waals surface area contributed by atoms with Crippen molar-refractivity contribution in [1.29, 1.82) is 0 Å². The molecule has 0 bridgehead atoms. The Labute approximate surface area is 167 Å². The molecular formula is C20H24N4O3S. The van der Waals surface area contributed by atoms with Crippen LogP contribution in [0.15, 0.2) is 18.2 Å². The van der Waals surface area contributed by atoms with Gasteiger partial charge in [0.05, 0.1) is 10.6 Å². The maximum atomic E-state index is 12.7. The van der Waals surface area contributed by atoms with Crippen molar-refractivity contribution in [3.8, 4) is 0 Å². The molecule has 0 radical (unpaired) electrons. The molecule has 1 aliphatic carbocycles. The molecule has 2 heterocycles. The summed E-state index contributed by atoms with van der Waals surface area (Å²) in [6.07, 6.45) is 6.28. The first-order chi connectivity index (χ1) is 13.5. The Morgan fingerprint density at radius 3 is 2.86 bits per heavy atom. The van der Waals surface area contributed by atoms with Gasteiger partial charge in [-0.15, -0.1) is 11.3 Å². The number of amides is 1. The maximum absolute atomic E-state index is 12.7. The Morgan fingerprint density at radius 1 is 1.32 bits per heavy atom. The van der Waals surface area contributed by atoms with Gasteiger partial charge in [0.15, 0.2) is 5.13 Å². The molecule has 1 atom stereocenters. The molecule has 1 fully saturated rings. The first-order valence-electron chi connectivity index (χ1n) is 9.84. The number of benzene rings is 1. The third-order valence-electron chi connectivity index (χ3n) is 5.54. The fraction of sp³-hybridized carbons (Fsp3) is 0.500. The van der Waals surface area contributed by atoms with E-state index in [-0.39, 0.29) is 17.2 Å². The molecule has 1 amide bonds. The Hall–Kier alpha value is -2.48. The van der Waals surface area contributed by atoms with Gasteiger partial charge in [0.25, 0.3) is 11.6 Å². The van der Waals surface area contributed by atoms with Crippen molar-refractivity contribution >= 4 is 33.8 Å². The molecule has 4 rings (SSSR count). The van der Waals surface area contributed by atoms with Crippen LogP contribution in [-0.4, -0.2) is 28.9 Å². The lowest BCUT2D eigenvalue weighted by Gasteiger charge is -2.28. The van der Waals surface area contributed by atoms with Gasteiger partial charge >= 0.3 is 0 Å². The predicted octanol–water partition coefficient (Wildman–Crippen LogP) is 4.42. The molecule has 1 N–H and O–H groups in total. The number of hydrogen-bond acceptors (Lipinski definition) is 6. The van der Waals surface area contributed by atoms with Crippen LogP contribution in [0, 0.1) is 16.0 Å². The first-order valence-corrected chi connectivity index (χ1v) is 10.7. The lowest BCUT2D eigenvalue weighted by Crippen LogP contribution is -2.30. The maximum Gasteiger partial charge on any atom is 0.293 e. The van der Waals surface area contributed by atoms with Crippen molar-refractivity contribution < 1.29 is 9.72 Å². The number of nitro groups is 1. The lowest BCUT2D eigenvalue weighted by molar-refractivity contribution is -0.384. The van der Waals surface area contributed by atoms with Crippen molar-refractivity contribution in [3.63, 3.8) is 0 Å². The second-order valence-corrected chi connectivity index (χ2v) is 8.78. The Balaban J connectivity index is 1.54. The van der Waals surface area contributed by atoms with E-state index in [2.05, 4.69) is 17.2 Å². The van der Waals surface area contributed by atoms with E-state index in [0.29, 0.717) is 16.7 Å². The molecule has 2 aromatic rings. The number of aromatic nitrogens is 1. The van der Waals surface area contributed by atoms with E-state index in [9.17, 15) is 14.9 Å². The Morgan fingerprint density at radius 2 is 2.11 bits per heavy atom. The van der Waals surface area contributed by atoms with Gasteiger partial charge in [-0.25, -0.2) is 4.98 Å². The minimum Gasteiger partial charge on any atom is -0.366 e. The number of piperidine rings is 1. The van der Waals surface area contributed by atoms with Gasteiger partial charge in [0.2, 0.25) is 0 Å². The third-order valence-corrected chi connectivity index (χ3v) is 6.57. The molecule has 7 nitrogen and oxygen atoms in total. The van der Waals surface area contributed by atoms with E-state index >= 15 is 0 Å². The quantitative estimate of drug-likeness (QED) is 0.606. The van der Waals surface area contributed by atoms with Crippen LogP contribution in [0.4, 0.5) is 16.5 Å². The first kappa shape index (κ1) is 18.9. The van der Waals surface area contributed by atoms with Gasteiger partial charge in [0.1, 0.15) is 5.69 Å². The summed E-state index contributed by atoms with van der Waals surface area (Å²) >= 11 is 1.51. The van der Waals surface area contributed by atoms with Crippen LogP contribution in [0.3, 0.4) is 0 Å². The number of anilines is 2. The SMILES string of the molecule is C[C@H]1CCc2nc(NC(=O)c3ccc(N4CCCCC4)c([N+](=O)[O-])c3)sc2C1. The smallest absolute Gasteiger partial charge is 0.293 e. The van der Waals surface area contributed by atoms with Crippen molar-refractivity contribution in [1.82, 2.24) is 4.98 Å². The zero-order chi connectivity index (χ0) is 19.7. The molecular weight excluding hydrogens is 376 g/mol. The molecule has 28 heavy (non-hydrogen) atoms. The number of hydrogen-bond donors (Lipinski definition) is 1. The number of carbonyl (C=O) groups is 1. The second-order valence-electron chi connectivity index (χ2n) is 7.70. The number of carbonyl (C=O) groups excluding carboxylic acids is 1. The molecule has 0 saturated carbocycles.